The molecule has 0 fully saturated rings. The van der Waals surface area contributed by atoms with Crippen LogP contribution in [-0.2, 0) is 18.0 Å². The normalized spacial score (nSPS) is 12.3. The third-order valence-electron chi connectivity index (χ3n) is 5.59. The van der Waals surface area contributed by atoms with Crippen LogP contribution in [0, 0.1) is 13.8 Å². The van der Waals surface area contributed by atoms with Crippen molar-refractivity contribution in [3.05, 3.63) is 52.3 Å². The number of halogens is 3. The van der Waals surface area contributed by atoms with E-state index in [1.54, 1.807) is 32.4 Å². The number of carbonyl (C=O) groups is 3. The number of alkyl halides is 3. The molecule has 0 radical (unpaired) electrons. The van der Waals surface area contributed by atoms with Crippen molar-refractivity contribution >= 4 is 23.5 Å². The van der Waals surface area contributed by atoms with Crippen molar-refractivity contribution < 1.29 is 32.3 Å². The molecule has 1 aromatic heterocycles. The van der Waals surface area contributed by atoms with E-state index < -0.39 is 29.8 Å². The van der Waals surface area contributed by atoms with Crippen molar-refractivity contribution in [2.24, 2.45) is 7.05 Å². The van der Waals surface area contributed by atoms with Gasteiger partial charge in [0.05, 0.1) is 18.7 Å². The van der Waals surface area contributed by atoms with Crippen LogP contribution in [0.25, 0.3) is 0 Å². The molecule has 0 saturated heterocycles. The quantitative estimate of drug-likeness (QED) is 0.461. The largest absolute Gasteiger partial charge is 0.464 e. The molecule has 2 aromatic rings. The summed E-state index contributed by atoms with van der Waals surface area (Å²) in [5.74, 6) is -0.929. The molecular weight excluding hydrogens is 439 g/mol. The lowest BCUT2D eigenvalue weighted by atomic mass is 10.00. The predicted octanol–water partition coefficient (Wildman–Crippen LogP) is 4.96. The number of nitrogens with one attached hydrogen (secondary N) is 1. The Morgan fingerprint density at radius 2 is 1.73 bits per heavy atom. The fraction of sp³-hybridized carbons (Fsp3) is 0.435. The average Bonchev–Trinajstić information content (AvgIpc) is 2.98. The summed E-state index contributed by atoms with van der Waals surface area (Å²) in [6.07, 6.45) is -3.93. The van der Waals surface area contributed by atoms with E-state index >= 15 is 0 Å². The van der Waals surface area contributed by atoms with Crippen molar-refractivity contribution in [1.82, 2.24) is 9.47 Å². The standard InChI is InChI=1S/C23H28F3N3O4/c1-7-12-29(22(32)27-17-10-8-16(9-11-17)23(24,25)26)15(4)20(30)18-13(2)19(21(31)33-6)28(5)14(18)3/h8-11,15H,7,12H2,1-6H3,(H,27,32). The number of methoxy groups -OCH3 is 1. The number of anilines is 1. The number of esters is 1. The number of carbonyl (C=O) groups excluding carboxylic acids is 3. The van der Waals surface area contributed by atoms with Crippen molar-refractivity contribution in [3.63, 3.8) is 0 Å². The number of nitrogens with zero attached hydrogens (tertiary/aromatic N) is 2. The second-order valence-electron chi connectivity index (χ2n) is 7.72. The summed E-state index contributed by atoms with van der Waals surface area (Å²) < 4.78 is 44.7. The van der Waals surface area contributed by atoms with E-state index in [0.717, 1.165) is 24.3 Å². The molecule has 0 bridgehead atoms. The van der Waals surface area contributed by atoms with Crippen molar-refractivity contribution in [1.29, 1.82) is 0 Å². The maximum absolute atomic E-state index is 13.4. The minimum Gasteiger partial charge on any atom is -0.464 e. The van der Waals surface area contributed by atoms with Gasteiger partial charge >= 0.3 is 18.2 Å². The van der Waals surface area contributed by atoms with Gasteiger partial charge in [-0.1, -0.05) is 6.92 Å². The number of ketones is 1. The maximum atomic E-state index is 13.4. The van der Waals surface area contributed by atoms with Gasteiger partial charge in [-0.3, -0.25) is 4.79 Å². The molecular formula is C23H28F3N3O4. The Bertz CT molecular complexity index is 1040. The van der Waals surface area contributed by atoms with Crippen LogP contribution in [0.5, 0.6) is 0 Å². The highest BCUT2D eigenvalue weighted by Crippen LogP contribution is 2.30. The predicted molar refractivity (Wildman–Crippen MR) is 117 cm³/mol. The van der Waals surface area contributed by atoms with Crippen LogP contribution in [0.2, 0.25) is 0 Å². The number of benzene rings is 1. The first-order valence-electron chi connectivity index (χ1n) is 10.4. The van der Waals surface area contributed by atoms with Crippen LogP contribution in [0.1, 0.15) is 57.9 Å². The zero-order chi connectivity index (χ0) is 25.1. The first-order chi connectivity index (χ1) is 15.3. The van der Waals surface area contributed by atoms with Gasteiger partial charge in [-0.05, 0) is 57.0 Å². The van der Waals surface area contributed by atoms with Crippen molar-refractivity contribution in [2.45, 2.75) is 46.3 Å². The van der Waals surface area contributed by atoms with Gasteiger partial charge < -0.3 is 19.5 Å². The zero-order valence-corrected chi connectivity index (χ0v) is 19.5. The molecule has 2 amide bonds. The van der Waals surface area contributed by atoms with E-state index in [1.807, 2.05) is 6.92 Å². The van der Waals surface area contributed by atoms with Gasteiger partial charge in [0.1, 0.15) is 5.69 Å². The fourth-order valence-corrected chi connectivity index (χ4v) is 3.73. The second-order valence-corrected chi connectivity index (χ2v) is 7.72. The average molecular weight is 467 g/mol. The Balaban J connectivity index is 2.31. The lowest BCUT2D eigenvalue weighted by Gasteiger charge is -2.28. The summed E-state index contributed by atoms with van der Waals surface area (Å²) in [6.45, 7) is 7.00. The summed E-state index contributed by atoms with van der Waals surface area (Å²) in [4.78, 5) is 39.8. The summed E-state index contributed by atoms with van der Waals surface area (Å²) in [7, 11) is 2.90. The number of urea groups is 1. The Kier molecular flexibility index (Phi) is 7.94. The Hall–Kier alpha value is -3.30. The number of aromatic nitrogens is 1. The Morgan fingerprint density at radius 1 is 1.15 bits per heavy atom. The van der Waals surface area contributed by atoms with Crippen LogP contribution in [0.3, 0.4) is 0 Å². The minimum absolute atomic E-state index is 0.175. The molecule has 0 aliphatic carbocycles. The first-order valence-corrected chi connectivity index (χ1v) is 10.4. The van der Waals surface area contributed by atoms with Gasteiger partial charge in [0.2, 0.25) is 0 Å². The second kappa shape index (κ2) is 10.1. The molecule has 0 spiro atoms. The molecule has 10 heteroatoms. The van der Waals surface area contributed by atoms with Gasteiger partial charge in [-0.2, -0.15) is 13.2 Å². The van der Waals surface area contributed by atoms with Gasteiger partial charge in [0.25, 0.3) is 0 Å². The third kappa shape index (κ3) is 5.37. The van der Waals surface area contributed by atoms with E-state index in [4.69, 9.17) is 4.74 Å². The third-order valence-corrected chi connectivity index (χ3v) is 5.59. The minimum atomic E-state index is -4.48. The molecule has 1 unspecified atom stereocenters. The smallest absolute Gasteiger partial charge is 0.416 e. The van der Waals surface area contributed by atoms with Gasteiger partial charge in [0, 0.05) is 30.5 Å². The number of Topliss-reactive ketones (excluding diaryl/α,β-unsaturated/α-hetero) is 1. The van der Waals surface area contributed by atoms with E-state index in [0.29, 0.717) is 23.2 Å². The molecule has 0 saturated carbocycles. The van der Waals surface area contributed by atoms with Crippen molar-refractivity contribution in [3.8, 4) is 0 Å². The fourth-order valence-electron chi connectivity index (χ4n) is 3.73. The monoisotopic (exact) mass is 467 g/mol. The molecule has 0 aliphatic rings. The first kappa shape index (κ1) is 26.0. The highest BCUT2D eigenvalue weighted by atomic mass is 19.4. The summed E-state index contributed by atoms with van der Waals surface area (Å²) >= 11 is 0. The Labute approximate surface area is 190 Å². The van der Waals surface area contributed by atoms with Crippen LogP contribution in [0.15, 0.2) is 24.3 Å². The van der Waals surface area contributed by atoms with E-state index in [9.17, 15) is 27.6 Å². The number of amides is 2. The molecule has 180 valence electrons. The SMILES string of the molecule is CCCN(C(=O)Nc1ccc(C(F)(F)F)cc1)C(C)C(=O)c1c(C)c(C(=O)OC)n(C)c1C. The lowest BCUT2D eigenvalue weighted by Crippen LogP contribution is -2.46. The van der Waals surface area contributed by atoms with Crippen LogP contribution in [0.4, 0.5) is 23.7 Å². The number of rotatable bonds is 7. The van der Waals surface area contributed by atoms with E-state index in [-0.39, 0.29) is 23.7 Å². The summed E-state index contributed by atoms with van der Waals surface area (Å²) in [6, 6.07) is 2.57. The highest BCUT2D eigenvalue weighted by molar-refractivity contribution is 6.07. The maximum Gasteiger partial charge on any atom is 0.416 e. The topological polar surface area (TPSA) is 80.6 Å². The summed E-state index contributed by atoms with van der Waals surface area (Å²) in [5, 5.41) is 2.55. The van der Waals surface area contributed by atoms with E-state index in [2.05, 4.69) is 5.32 Å². The molecule has 2 rings (SSSR count). The van der Waals surface area contributed by atoms with Crippen LogP contribution >= 0.6 is 0 Å². The molecule has 7 nitrogen and oxygen atoms in total. The van der Waals surface area contributed by atoms with Gasteiger partial charge in [-0.25, -0.2) is 9.59 Å². The van der Waals surface area contributed by atoms with Crippen molar-refractivity contribution in [2.75, 3.05) is 19.0 Å². The molecule has 0 aliphatic heterocycles. The summed E-state index contributed by atoms with van der Waals surface area (Å²) in [5.41, 5.74) is 0.943. The van der Waals surface area contributed by atoms with Crippen LogP contribution in [-0.4, -0.2) is 46.9 Å². The van der Waals surface area contributed by atoms with Crippen LogP contribution < -0.4 is 5.32 Å². The van der Waals surface area contributed by atoms with Gasteiger partial charge in [-0.15, -0.1) is 0 Å². The van der Waals surface area contributed by atoms with Gasteiger partial charge in [0.15, 0.2) is 5.78 Å². The highest BCUT2D eigenvalue weighted by Gasteiger charge is 2.33. The number of ether oxygens (including phenoxy) is 1. The molecule has 1 atom stereocenters. The molecule has 1 aromatic carbocycles. The Morgan fingerprint density at radius 3 is 2.21 bits per heavy atom. The number of hydrogen-bond acceptors (Lipinski definition) is 4. The number of hydrogen-bond donors (Lipinski definition) is 1. The van der Waals surface area contributed by atoms with E-state index in [1.165, 1.54) is 12.0 Å². The molecule has 1 heterocycles. The zero-order valence-electron chi connectivity index (χ0n) is 19.5. The lowest BCUT2D eigenvalue weighted by molar-refractivity contribution is -0.137. The molecule has 1 N–H and O–H groups in total. The molecule has 33 heavy (non-hydrogen) atoms.